The smallest absolute Gasteiger partial charge is 0.272 e. The van der Waals surface area contributed by atoms with E-state index in [-0.39, 0.29) is 11.6 Å². The SMILES string of the molecule is CC[C@H](C1CCC1)n1c(=O)c(C)nc2c(-c3ccc(OC)nc3C)nccc21. The Balaban J connectivity index is 1.97. The molecular formula is C22H26N4O2. The molecule has 0 N–H and O–H groups in total. The minimum absolute atomic E-state index is 0.00739. The molecule has 1 atom stereocenters. The minimum Gasteiger partial charge on any atom is -0.481 e. The van der Waals surface area contributed by atoms with Gasteiger partial charge in [0.2, 0.25) is 5.88 Å². The number of rotatable bonds is 5. The number of aromatic nitrogens is 4. The molecule has 6 nitrogen and oxygen atoms in total. The second-order valence-electron chi connectivity index (χ2n) is 7.55. The lowest BCUT2D eigenvalue weighted by Crippen LogP contribution is -2.34. The molecule has 4 rings (SSSR count). The number of methoxy groups -OCH3 is 1. The number of aryl methyl sites for hydroxylation is 2. The Bertz CT molecular complexity index is 1090. The van der Waals surface area contributed by atoms with Crippen molar-refractivity contribution in [2.45, 2.75) is 52.5 Å². The third kappa shape index (κ3) is 2.97. The fourth-order valence-corrected chi connectivity index (χ4v) is 4.23. The fraction of sp³-hybridized carbons (Fsp3) is 0.455. The topological polar surface area (TPSA) is 69.9 Å². The molecule has 0 unspecified atom stereocenters. The van der Waals surface area contributed by atoms with E-state index >= 15 is 0 Å². The van der Waals surface area contributed by atoms with Crippen LogP contribution in [0, 0.1) is 19.8 Å². The Morgan fingerprint density at radius 2 is 1.96 bits per heavy atom. The van der Waals surface area contributed by atoms with E-state index in [4.69, 9.17) is 4.74 Å². The Hall–Kier alpha value is -2.76. The molecule has 1 saturated carbocycles. The molecule has 0 bridgehead atoms. The van der Waals surface area contributed by atoms with E-state index in [1.165, 1.54) is 19.3 Å². The first-order valence-electron chi connectivity index (χ1n) is 9.95. The Kier molecular flexibility index (Phi) is 4.87. The van der Waals surface area contributed by atoms with Crippen LogP contribution in [0.4, 0.5) is 0 Å². The molecule has 1 aliphatic carbocycles. The zero-order valence-electron chi connectivity index (χ0n) is 16.9. The van der Waals surface area contributed by atoms with Crippen LogP contribution in [0.1, 0.15) is 50.0 Å². The summed E-state index contributed by atoms with van der Waals surface area (Å²) in [5, 5.41) is 0. The molecule has 1 fully saturated rings. The molecule has 28 heavy (non-hydrogen) atoms. The summed E-state index contributed by atoms with van der Waals surface area (Å²) < 4.78 is 7.20. The molecule has 0 radical (unpaired) electrons. The highest BCUT2D eigenvalue weighted by Gasteiger charge is 2.30. The molecule has 1 aliphatic rings. The standard InChI is InChI=1S/C22H26N4O2/c1-5-17(15-7-6-8-15)26-18-11-12-23-20(21(18)25-14(3)22(26)27)16-9-10-19(28-4)24-13(16)2/h9-12,15,17H,5-8H2,1-4H3/t17-/m1/s1. The highest BCUT2D eigenvalue weighted by Crippen LogP contribution is 2.39. The van der Waals surface area contributed by atoms with E-state index < -0.39 is 0 Å². The highest BCUT2D eigenvalue weighted by molar-refractivity contribution is 5.90. The molecule has 146 valence electrons. The maximum atomic E-state index is 13.1. The van der Waals surface area contributed by atoms with Crippen molar-refractivity contribution >= 4 is 11.0 Å². The third-order valence-corrected chi connectivity index (χ3v) is 5.94. The summed E-state index contributed by atoms with van der Waals surface area (Å²) in [7, 11) is 1.60. The summed E-state index contributed by atoms with van der Waals surface area (Å²) in [5.74, 6) is 1.13. The van der Waals surface area contributed by atoms with E-state index in [2.05, 4.69) is 21.9 Å². The number of pyridine rings is 2. The predicted octanol–water partition coefficient (Wildman–Crippen LogP) is 4.23. The molecule has 3 aromatic heterocycles. The largest absolute Gasteiger partial charge is 0.481 e. The number of ether oxygens (including phenoxy) is 1. The van der Waals surface area contributed by atoms with Crippen LogP contribution in [0.2, 0.25) is 0 Å². The number of fused-ring (bicyclic) bond motifs is 1. The Labute approximate surface area is 164 Å². The van der Waals surface area contributed by atoms with E-state index in [1.807, 2.05) is 29.7 Å². The van der Waals surface area contributed by atoms with Gasteiger partial charge >= 0.3 is 0 Å². The lowest BCUT2D eigenvalue weighted by Gasteiger charge is -2.35. The maximum Gasteiger partial charge on any atom is 0.272 e. The van der Waals surface area contributed by atoms with Crippen molar-refractivity contribution in [1.29, 1.82) is 0 Å². The van der Waals surface area contributed by atoms with Gasteiger partial charge in [-0.2, -0.15) is 0 Å². The first-order valence-corrected chi connectivity index (χ1v) is 9.95. The summed E-state index contributed by atoms with van der Waals surface area (Å²) in [6, 6.07) is 5.91. The van der Waals surface area contributed by atoms with E-state index in [0.717, 1.165) is 34.4 Å². The summed E-state index contributed by atoms with van der Waals surface area (Å²) in [6.07, 6.45) is 6.33. The van der Waals surface area contributed by atoms with Gasteiger partial charge in [0.15, 0.2) is 0 Å². The molecule has 0 aliphatic heterocycles. The zero-order valence-corrected chi connectivity index (χ0v) is 16.9. The van der Waals surface area contributed by atoms with Crippen LogP contribution in [0.25, 0.3) is 22.3 Å². The fourth-order valence-electron chi connectivity index (χ4n) is 4.23. The van der Waals surface area contributed by atoms with Crippen molar-refractivity contribution in [3.63, 3.8) is 0 Å². The third-order valence-electron chi connectivity index (χ3n) is 5.94. The predicted molar refractivity (Wildman–Crippen MR) is 110 cm³/mol. The van der Waals surface area contributed by atoms with Crippen molar-refractivity contribution in [2.24, 2.45) is 5.92 Å². The summed E-state index contributed by atoms with van der Waals surface area (Å²) >= 11 is 0. The van der Waals surface area contributed by atoms with Crippen LogP contribution in [-0.4, -0.2) is 26.6 Å². The molecule has 0 spiro atoms. The summed E-state index contributed by atoms with van der Waals surface area (Å²) in [6.45, 7) is 5.89. The van der Waals surface area contributed by atoms with Gasteiger partial charge in [-0.3, -0.25) is 9.78 Å². The molecule has 6 heteroatoms. The van der Waals surface area contributed by atoms with E-state index in [0.29, 0.717) is 17.5 Å². The monoisotopic (exact) mass is 378 g/mol. The van der Waals surface area contributed by atoms with E-state index in [1.54, 1.807) is 20.2 Å². The number of nitrogens with zero attached hydrogens (tertiary/aromatic N) is 4. The van der Waals surface area contributed by atoms with Crippen LogP contribution in [0.5, 0.6) is 5.88 Å². The molecule has 0 saturated heterocycles. The Morgan fingerprint density at radius 1 is 1.18 bits per heavy atom. The van der Waals surface area contributed by atoms with Gasteiger partial charge in [0, 0.05) is 23.9 Å². The number of hydrogen-bond donors (Lipinski definition) is 0. The normalized spacial score (nSPS) is 15.4. The first-order chi connectivity index (χ1) is 13.5. The average Bonchev–Trinajstić information content (AvgIpc) is 2.66. The van der Waals surface area contributed by atoms with Crippen molar-refractivity contribution in [1.82, 2.24) is 19.5 Å². The van der Waals surface area contributed by atoms with Crippen LogP contribution in [0.3, 0.4) is 0 Å². The summed E-state index contributed by atoms with van der Waals surface area (Å²) in [5.41, 5.74) is 4.61. The van der Waals surface area contributed by atoms with Crippen molar-refractivity contribution in [3.05, 3.63) is 46.1 Å². The van der Waals surface area contributed by atoms with E-state index in [9.17, 15) is 4.79 Å². The van der Waals surface area contributed by atoms with Gasteiger partial charge in [-0.05, 0) is 51.2 Å². The van der Waals surface area contributed by atoms with Gasteiger partial charge in [0.25, 0.3) is 5.56 Å². The zero-order chi connectivity index (χ0) is 19.8. The van der Waals surface area contributed by atoms with Gasteiger partial charge in [-0.1, -0.05) is 13.3 Å². The van der Waals surface area contributed by atoms with Gasteiger partial charge < -0.3 is 9.30 Å². The van der Waals surface area contributed by atoms with Gasteiger partial charge in [0.05, 0.1) is 24.0 Å². The van der Waals surface area contributed by atoms with Gasteiger partial charge in [-0.25, -0.2) is 9.97 Å². The lowest BCUT2D eigenvalue weighted by molar-refractivity contribution is 0.203. The first kappa shape index (κ1) is 18.6. The van der Waals surface area contributed by atoms with Gasteiger partial charge in [-0.15, -0.1) is 0 Å². The quantitative estimate of drug-likeness (QED) is 0.664. The summed E-state index contributed by atoms with van der Waals surface area (Å²) in [4.78, 5) is 26.8. The minimum atomic E-state index is 0.00739. The molecule has 3 heterocycles. The number of hydrogen-bond acceptors (Lipinski definition) is 5. The van der Waals surface area contributed by atoms with Crippen molar-refractivity contribution in [3.8, 4) is 17.1 Å². The highest BCUT2D eigenvalue weighted by atomic mass is 16.5. The van der Waals surface area contributed by atoms with Crippen LogP contribution < -0.4 is 10.3 Å². The van der Waals surface area contributed by atoms with Crippen LogP contribution in [-0.2, 0) is 0 Å². The lowest BCUT2D eigenvalue weighted by atomic mass is 9.78. The van der Waals surface area contributed by atoms with Crippen molar-refractivity contribution in [2.75, 3.05) is 7.11 Å². The van der Waals surface area contributed by atoms with Crippen molar-refractivity contribution < 1.29 is 4.74 Å². The second kappa shape index (κ2) is 7.34. The van der Waals surface area contributed by atoms with Gasteiger partial charge in [0.1, 0.15) is 11.2 Å². The average molecular weight is 378 g/mol. The second-order valence-corrected chi connectivity index (χ2v) is 7.55. The van der Waals surface area contributed by atoms with Crippen LogP contribution >= 0.6 is 0 Å². The molecular weight excluding hydrogens is 352 g/mol. The molecule has 0 aromatic carbocycles. The molecule has 0 amide bonds. The van der Waals surface area contributed by atoms with Crippen LogP contribution in [0.15, 0.2) is 29.2 Å². The molecule has 3 aromatic rings. The maximum absolute atomic E-state index is 13.1. The Morgan fingerprint density at radius 3 is 2.57 bits per heavy atom.